The molecule has 2 aromatic rings. The molecule has 1 saturated heterocycles. The van der Waals surface area contributed by atoms with Gasteiger partial charge in [-0.15, -0.1) is 0 Å². The summed E-state index contributed by atoms with van der Waals surface area (Å²) in [4.78, 5) is 25.2. The van der Waals surface area contributed by atoms with E-state index < -0.39 is 0 Å². The molecule has 1 amide bonds. The third-order valence-electron chi connectivity index (χ3n) is 4.65. The molecular weight excluding hydrogens is 328 g/mol. The van der Waals surface area contributed by atoms with Crippen LogP contribution in [-0.4, -0.2) is 54.1 Å². The third kappa shape index (κ3) is 4.12. The minimum atomic E-state index is 0.00147. The summed E-state index contributed by atoms with van der Waals surface area (Å²) in [5.74, 6) is 1.51. The maximum atomic E-state index is 12.8. The van der Waals surface area contributed by atoms with Crippen LogP contribution in [0.15, 0.2) is 30.5 Å². The molecule has 1 fully saturated rings. The number of aryl methyl sites for hydroxylation is 2. The predicted molar refractivity (Wildman–Crippen MR) is 102 cm³/mol. The average molecular weight is 354 g/mol. The summed E-state index contributed by atoms with van der Waals surface area (Å²) in [6.07, 6.45) is 3.44. The van der Waals surface area contributed by atoms with Crippen molar-refractivity contribution in [1.82, 2.24) is 14.9 Å². The maximum absolute atomic E-state index is 12.8. The molecule has 1 aliphatic rings. The first-order chi connectivity index (χ1) is 12.4. The third-order valence-corrected chi connectivity index (χ3v) is 4.65. The second kappa shape index (κ2) is 7.72. The smallest absolute Gasteiger partial charge is 0.257 e. The van der Waals surface area contributed by atoms with E-state index in [0.717, 1.165) is 18.6 Å². The van der Waals surface area contributed by atoms with Gasteiger partial charge in [-0.3, -0.25) is 4.79 Å². The van der Waals surface area contributed by atoms with Crippen molar-refractivity contribution in [3.05, 3.63) is 47.3 Å². The van der Waals surface area contributed by atoms with Crippen LogP contribution in [0.5, 0.6) is 5.75 Å². The molecule has 1 aromatic heterocycles. The van der Waals surface area contributed by atoms with E-state index >= 15 is 0 Å². The Morgan fingerprint density at radius 1 is 1.15 bits per heavy atom. The van der Waals surface area contributed by atoms with E-state index in [-0.39, 0.29) is 12.0 Å². The highest BCUT2D eigenvalue weighted by Gasteiger charge is 2.26. The van der Waals surface area contributed by atoms with Crippen molar-refractivity contribution < 1.29 is 9.53 Å². The van der Waals surface area contributed by atoms with Crippen LogP contribution >= 0.6 is 0 Å². The Kier molecular flexibility index (Phi) is 5.40. The molecule has 26 heavy (non-hydrogen) atoms. The number of amides is 1. The van der Waals surface area contributed by atoms with E-state index in [0.29, 0.717) is 30.3 Å². The second-order valence-corrected chi connectivity index (χ2v) is 6.99. The Morgan fingerprint density at radius 2 is 1.81 bits per heavy atom. The SMILES string of the molecule is Cc1ccc(OC2CCN(C(=O)c3cnc(N(C)C)nc3C)CC2)cc1. The Labute approximate surface area is 154 Å². The van der Waals surface area contributed by atoms with Crippen molar-refractivity contribution in [2.75, 3.05) is 32.1 Å². The molecule has 0 N–H and O–H groups in total. The van der Waals surface area contributed by atoms with E-state index in [1.165, 1.54) is 5.56 Å². The zero-order valence-electron chi connectivity index (χ0n) is 15.9. The first-order valence-electron chi connectivity index (χ1n) is 8.97. The minimum absolute atomic E-state index is 0.00147. The number of nitrogens with zero attached hydrogens (tertiary/aromatic N) is 4. The van der Waals surface area contributed by atoms with Crippen LogP contribution in [0.3, 0.4) is 0 Å². The standard InChI is InChI=1S/C20H26N4O2/c1-14-5-7-16(8-6-14)26-17-9-11-24(12-10-17)19(25)18-13-21-20(23(3)4)22-15(18)2/h5-8,13,17H,9-12H2,1-4H3. The number of hydrogen-bond donors (Lipinski definition) is 0. The molecule has 0 bridgehead atoms. The zero-order chi connectivity index (χ0) is 18.7. The Hall–Kier alpha value is -2.63. The predicted octanol–water partition coefficient (Wildman–Crippen LogP) is 2.84. The highest BCUT2D eigenvalue weighted by atomic mass is 16.5. The molecule has 0 aliphatic carbocycles. The molecule has 138 valence electrons. The summed E-state index contributed by atoms with van der Waals surface area (Å²) >= 11 is 0. The number of carbonyl (C=O) groups is 1. The molecule has 1 aliphatic heterocycles. The van der Waals surface area contributed by atoms with Gasteiger partial charge < -0.3 is 14.5 Å². The number of carbonyl (C=O) groups excluding carboxylic acids is 1. The van der Waals surface area contributed by atoms with Crippen molar-refractivity contribution in [3.63, 3.8) is 0 Å². The van der Waals surface area contributed by atoms with Crippen molar-refractivity contribution in [2.45, 2.75) is 32.8 Å². The Morgan fingerprint density at radius 3 is 2.38 bits per heavy atom. The lowest BCUT2D eigenvalue weighted by atomic mass is 10.1. The van der Waals surface area contributed by atoms with Gasteiger partial charge in [0.15, 0.2) is 0 Å². The second-order valence-electron chi connectivity index (χ2n) is 6.99. The summed E-state index contributed by atoms with van der Waals surface area (Å²) in [5, 5.41) is 0. The van der Waals surface area contributed by atoms with Crippen molar-refractivity contribution in [2.24, 2.45) is 0 Å². The highest BCUT2D eigenvalue weighted by molar-refractivity contribution is 5.95. The van der Waals surface area contributed by atoms with Crippen LogP contribution in [0.25, 0.3) is 0 Å². The molecule has 0 atom stereocenters. The van der Waals surface area contributed by atoms with E-state index in [4.69, 9.17) is 4.74 Å². The van der Waals surface area contributed by atoms with Gasteiger partial charge in [-0.05, 0) is 26.0 Å². The van der Waals surface area contributed by atoms with Gasteiger partial charge in [0.05, 0.1) is 11.3 Å². The molecule has 0 unspecified atom stereocenters. The van der Waals surface area contributed by atoms with Gasteiger partial charge in [0.2, 0.25) is 5.95 Å². The van der Waals surface area contributed by atoms with E-state index in [1.54, 1.807) is 6.20 Å². The largest absolute Gasteiger partial charge is 0.490 e. The molecule has 6 nitrogen and oxygen atoms in total. The molecule has 0 saturated carbocycles. The molecule has 0 radical (unpaired) electrons. The number of aromatic nitrogens is 2. The highest BCUT2D eigenvalue weighted by Crippen LogP contribution is 2.21. The first kappa shape index (κ1) is 18.2. The monoisotopic (exact) mass is 354 g/mol. The van der Waals surface area contributed by atoms with Crippen LogP contribution in [0.1, 0.15) is 34.5 Å². The molecule has 3 rings (SSSR count). The quantitative estimate of drug-likeness (QED) is 0.845. The Bertz CT molecular complexity index is 766. The van der Waals surface area contributed by atoms with Crippen LogP contribution < -0.4 is 9.64 Å². The summed E-state index contributed by atoms with van der Waals surface area (Å²) < 4.78 is 6.04. The fourth-order valence-electron chi connectivity index (χ4n) is 3.04. The molecule has 6 heteroatoms. The van der Waals surface area contributed by atoms with E-state index in [1.807, 2.05) is 55.1 Å². The van der Waals surface area contributed by atoms with Gasteiger partial charge in [-0.1, -0.05) is 17.7 Å². The van der Waals surface area contributed by atoms with Gasteiger partial charge in [0.25, 0.3) is 5.91 Å². The van der Waals surface area contributed by atoms with Crippen LogP contribution in [0.4, 0.5) is 5.95 Å². The van der Waals surface area contributed by atoms with Crippen LogP contribution in [0, 0.1) is 13.8 Å². The maximum Gasteiger partial charge on any atom is 0.257 e. The van der Waals surface area contributed by atoms with Crippen LogP contribution in [0.2, 0.25) is 0 Å². The van der Waals surface area contributed by atoms with Crippen molar-refractivity contribution in [1.29, 1.82) is 0 Å². The number of hydrogen-bond acceptors (Lipinski definition) is 5. The summed E-state index contributed by atoms with van der Waals surface area (Å²) in [6, 6.07) is 8.10. The average Bonchev–Trinajstić information content (AvgIpc) is 2.63. The van der Waals surface area contributed by atoms with Gasteiger partial charge in [0.1, 0.15) is 11.9 Å². The molecular formula is C20H26N4O2. The molecule has 0 spiro atoms. The van der Waals surface area contributed by atoms with Gasteiger partial charge >= 0.3 is 0 Å². The van der Waals surface area contributed by atoms with Crippen LogP contribution in [-0.2, 0) is 0 Å². The molecule has 1 aromatic carbocycles. The fraction of sp³-hybridized carbons (Fsp3) is 0.450. The number of likely N-dealkylation sites (tertiary alicyclic amines) is 1. The lowest BCUT2D eigenvalue weighted by Gasteiger charge is -2.32. The number of rotatable bonds is 4. The normalized spacial score (nSPS) is 15.0. The lowest BCUT2D eigenvalue weighted by Crippen LogP contribution is -2.42. The lowest BCUT2D eigenvalue weighted by molar-refractivity contribution is 0.0594. The number of anilines is 1. The van der Waals surface area contributed by atoms with Gasteiger partial charge in [-0.2, -0.15) is 0 Å². The van der Waals surface area contributed by atoms with Gasteiger partial charge in [0, 0.05) is 46.2 Å². The molecule has 2 heterocycles. The van der Waals surface area contributed by atoms with E-state index in [2.05, 4.69) is 16.9 Å². The first-order valence-corrected chi connectivity index (χ1v) is 8.97. The fourth-order valence-corrected chi connectivity index (χ4v) is 3.04. The van der Waals surface area contributed by atoms with Crippen molar-refractivity contribution >= 4 is 11.9 Å². The minimum Gasteiger partial charge on any atom is -0.490 e. The Balaban J connectivity index is 1.59. The summed E-state index contributed by atoms with van der Waals surface area (Å²) in [5.41, 5.74) is 2.51. The summed E-state index contributed by atoms with van der Waals surface area (Å²) in [7, 11) is 3.77. The number of piperidine rings is 1. The number of benzene rings is 1. The van der Waals surface area contributed by atoms with Crippen molar-refractivity contribution in [3.8, 4) is 5.75 Å². The number of ether oxygens (including phenoxy) is 1. The zero-order valence-corrected chi connectivity index (χ0v) is 15.9. The topological polar surface area (TPSA) is 58.6 Å². The summed E-state index contributed by atoms with van der Waals surface area (Å²) in [6.45, 7) is 5.29. The van der Waals surface area contributed by atoms with Gasteiger partial charge in [-0.25, -0.2) is 9.97 Å². The van der Waals surface area contributed by atoms with E-state index in [9.17, 15) is 4.79 Å².